The summed E-state index contributed by atoms with van der Waals surface area (Å²) < 4.78 is 2.30. The SMILES string of the molecule is Cc1nn(-c2cccc([N+](=O)[O-])c2)c(Br)c1CCO. The second-order valence-electron chi connectivity index (χ2n) is 4.02. The van der Waals surface area contributed by atoms with Crippen molar-refractivity contribution < 1.29 is 10.0 Å². The fraction of sp³-hybridized carbons (Fsp3) is 0.250. The maximum Gasteiger partial charge on any atom is 0.271 e. The van der Waals surface area contributed by atoms with Gasteiger partial charge in [-0.3, -0.25) is 10.1 Å². The van der Waals surface area contributed by atoms with Crippen molar-refractivity contribution in [2.45, 2.75) is 13.3 Å². The number of halogens is 1. The van der Waals surface area contributed by atoms with E-state index >= 15 is 0 Å². The minimum atomic E-state index is -0.442. The zero-order valence-corrected chi connectivity index (χ0v) is 11.8. The molecular formula is C12H12BrN3O3. The molecule has 7 heteroatoms. The topological polar surface area (TPSA) is 81.2 Å². The van der Waals surface area contributed by atoms with E-state index in [1.165, 1.54) is 12.1 Å². The quantitative estimate of drug-likeness (QED) is 0.691. The summed E-state index contributed by atoms with van der Waals surface area (Å²) in [4.78, 5) is 10.3. The van der Waals surface area contributed by atoms with Crippen molar-refractivity contribution in [2.75, 3.05) is 6.61 Å². The van der Waals surface area contributed by atoms with Crippen molar-refractivity contribution in [3.63, 3.8) is 0 Å². The van der Waals surface area contributed by atoms with Crippen LogP contribution in [0.2, 0.25) is 0 Å². The number of nitrogens with zero attached hydrogens (tertiary/aromatic N) is 3. The van der Waals surface area contributed by atoms with Crippen molar-refractivity contribution >= 4 is 21.6 Å². The molecule has 0 atom stereocenters. The van der Waals surface area contributed by atoms with Crippen LogP contribution < -0.4 is 0 Å². The summed E-state index contributed by atoms with van der Waals surface area (Å²) in [5.74, 6) is 0. The lowest BCUT2D eigenvalue weighted by atomic mass is 10.2. The molecule has 0 spiro atoms. The average Bonchev–Trinajstić information content (AvgIpc) is 2.67. The number of hydrogen-bond donors (Lipinski definition) is 1. The van der Waals surface area contributed by atoms with E-state index in [2.05, 4.69) is 21.0 Å². The van der Waals surface area contributed by atoms with Crippen molar-refractivity contribution in [2.24, 2.45) is 0 Å². The molecule has 2 rings (SSSR count). The van der Waals surface area contributed by atoms with E-state index in [1.54, 1.807) is 16.8 Å². The molecule has 0 saturated heterocycles. The second kappa shape index (κ2) is 5.50. The minimum absolute atomic E-state index is 0.0151. The molecule has 0 amide bonds. The van der Waals surface area contributed by atoms with Crippen LogP contribution in [-0.2, 0) is 6.42 Å². The lowest BCUT2D eigenvalue weighted by molar-refractivity contribution is -0.384. The van der Waals surface area contributed by atoms with Crippen molar-refractivity contribution in [1.82, 2.24) is 9.78 Å². The number of nitro benzene ring substituents is 1. The number of aromatic nitrogens is 2. The van der Waals surface area contributed by atoms with Gasteiger partial charge in [-0.1, -0.05) is 6.07 Å². The standard InChI is InChI=1S/C12H12BrN3O3/c1-8-11(5-6-17)12(13)15(14-8)9-3-2-4-10(7-9)16(18)19/h2-4,7,17H,5-6H2,1H3. The molecular weight excluding hydrogens is 314 g/mol. The number of nitro groups is 1. The molecule has 0 bridgehead atoms. The summed E-state index contributed by atoms with van der Waals surface area (Å²) in [5.41, 5.74) is 2.30. The van der Waals surface area contributed by atoms with Gasteiger partial charge in [0.25, 0.3) is 5.69 Å². The number of aliphatic hydroxyl groups excluding tert-OH is 1. The fourth-order valence-electron chi connectivity index (χ4n) is 1.84. The molecule has 0 aliphatic heterocycles. The molecule has 1 aromatic heterocycles. The monoisotopic (exact) mass is 325 g/mol. The first-order chi connectivity index (χ1) is 9.04. The van der Waals surface area contributed by atoms with E-state index in [9.17, 15) is 10.1 Å². The summed E-state index contributed by atoms with van der Waals surface area (Å²) >= 11 is 3.42. The summed E-state index contributed by atoms with van der Waals surface area (Å²) in [6, 6.07) is 6.25. The molecule has 0 radical (unpaired) electrons. The van der Waals surface area contributed by atoms with E-state index in [1.807, 2.05) is 6.92 Å². The highest BCUT2D eigenvalue weighted by Crippen LogP contribution is 2.26. The van der Waals surface area contributed by atoms with Gasteiger partial charge in [-0.15, -0.1) is 0 Å². The van der Waals surface area contributed by atoms with Gasteiger partial charge in [-0.05, 0) is 28.9 Å². The molecule has 1 heterocycles. The van der Waals surface area contributed by atoms with Gasteiger partial charge in [0.2, 0.25) is 0 Å². The predicted octanol–water partition coefficient (Wildman–Crippen LogP) is 2.39. The van der Waals surface area contributed by atoms with Crippen LogP contribution in [0.4, 0.5) is 5.69 Å². The van der Waals surface area contributed by atoms with Crippen LogP contribution in [0.1, 0.15) is 11.3 Å². The number of benzene rings is 1. The first-order valence-electron chi connectivity index (χ1n) is 5.64. The largest absolute Gasteiger partial charge is 0.396 e. The number of aliphatic hydroxyl groups is 1. The Kier molecular flexibility index (Phi) is 3.96. The fourth-order valence-corrected chi connectivity index (χ4v) is 2.61. The molecule has 100 valence electrons. The first kappa shape index (κ1) is 13.7. The minimum Gasteiger partial charge on any atom is -0.396 e. The number of hydrogen-bond acceptors (Lipinski definition) is 4. The number of rotatable bonds is 4. The van der Waals surface area contributed by atoms with Crippen LogP contribution in [0.5, 0.6) is 0 Å². The molecule has 0 unspecified atom stereocenters. The highest BCUT2D eigenvalue weighted by atomic mass is 79.9. The molecule has 19 heavy (non-hydrogen) atoms. The Balaban J connectivity index is 2.50. The van der Waals surface area contributed by atoms with E-state index in [4.69, 9.17) is 5.11 Å². The third-order valence-corrected chi connectivity index (χ3v) is 3.58. The first-order valence-corrected chi connectivity index (χ1v) is 6.43. The van der Waals surface area contributed by atoms with Gasteiger partial charge >= 0.3 is 0 Å². The van der Waals surface area contributed by atoms with Crippen LogP contribution in [0.3, 0.4) is 0 Å². The van der Waals surface area contributed by atoms with Gasteiger partial charge in [0.05, 0.1) is 16.3 Å². The van der Waals surface area contributed by atoms with Gasteiger partial charge in [-0.2, -0.15) is 5.10 Å². The molecule has 0 aliphatic rings. The van der Waals surface area contributed by atoms with Gasteiger partial charge in [0, 0.05) is 30.7 Å². The van der Waals surface area contributed by atoms with Crippen LogP contribution >= 0.6 is 15.9 Å². The highest BCUT2D eigenvalue weighted by Gasteiger charge is 2.15. The molecule has 0 saturated carbocycles. The van der Waals surface area contributed by atoms with Crippen LogP contribution in [-0.4, -0.2) is 26.4 Å². The van der Waals surface area contributed by atoms with Crippen molar-refractivity contribution in [1.29, 1.82) is 0 Å². The summed E-state index contributed by atoms with van der Waals surface area (Å²) in [7, 11) is 0. The lowest BCUT2D eigenvalue weighted by Crippen LogP contribution is -1.99. The maximum atomic E-state index is 10.8. The van der Waals surface area contributed by atoms with Gasteiger partial charge in [-0.25, -0.2) is 4.68 Å². The Morgan fingerprint density at radius 2 is 2.26 bits per heavy atom. The van der Waals surface area contributed by atoms with Gasteiger partial charge < -0.3 is 5.11 Å². The Morgan fingerprint density at radius 1 is 1.53 bits per heavy atom. The molecule has 1 N–H and O–H groups in total. The van der Waals surface area contributed by atoms with E-state index in [0.717, 1.165) is 11.3 Å². The van der Waals surface area contributed by atoms with Gasteiger partial charge in [0.15, 0.2) is 0 Å². The van der Waals surface area contributed by atoms with Gasteiger partial charge in [0.1, 0.15) is 4.60 Å². The second-order valence-corrected chi connectivity index (χ2v) is 4.77. The highest BCUT2D eigenvalue weighted by molar-refractivity contribution is 9.10. The van der Waals surface area contributed by atoms with E-state index in [-0.39, 0.29) is 12.3 Å². The lowest BCUT2D eigenvalue weighted by Gasteiger charge is -2.03. The smallest absolute Gasteiger partial charge is 0.271 e. The van der Waals surface area contributed by atoms with E-state index in [0.29, 0.717) is 16.7 Å². The Morgan fingerprint density at radius 3 is 2.89 bits per heavy atom. The third-order valence-electron chi connectivity index (χ3n) is 2.77. The normalized spacial score (nSPS) is 10.7. The Labute approximate surface area is 118 Å². The summed E-state index contributed by atoms with van der Waals surface area (Å²) in [6.45, 7) is 1.86. The van der Waals surface area contributed by atoms with Crippen LogP contribution in [0.25, 0.3) is 5.69 Å². The van der Waals surface area contributed by atoms with E-state index < -0.39 is 4.92 Å². The average molecular weight is 326 g/mol. The number of aryl methyl sites for hydroxylation is 1. The van der Waals surface area contributed by atoms with Crippen molar-refractivity contribution in [3.05, 3.63) is 50.2 Å². The molecule has 6 nitrogen and oxygen atoms in total. The zero-order chi connectivity index (χ0) is 14.0. The molecule has 0 aliphatic carbocycles. The van der Waals surface area contributed by atoms with Crippen LogP contribution in [0.15, 0.2) is 28.9 Å². The summed E-state index contributed by atoms with van der Waals surface area (Å²) in [5, 5.41) is 24.1. The summed E-state index contributed by atoms with van der Waals surface area (Å²) in [6.07, 6.45) is 0.487. The number of non-ortho nitro benzene ring substituents is 1. The van der Waals surface area contributed by atoms with Crippen molar-refractivity contribution in [3.8, 4) is 5.69 Å². The third kappa shape index (κ3) is 2.66. The zero-order valence-electron chi connectivity index (χ0n) is 10.2. The Bertz CT molecular complexity index is 625. The maximum absolute atomic E-state index is 10.8. The molecule has 1 aromatic carbocycles. The van der Waals surface area contributed by atoms with Crippen LogP contribution in [0, 0.1) is 17.0 Å². The molecule has 0 fully saturated rings. The predicted molar refractivity (Wildman–Crippen MR) is 73.4 cm³/mol. The Hall–Kier alpha value is -1.73. The molecule has 2 aromatic rings.